The normalized spacial score (nSPS) is 23.6. The molecule has 2 saturated heterocycles. The van der Waals surface area contributed by atoms with Crippen molar-refractivity contribution in [3.8, 4) is 11.5 Å². The molecule has 8 heteroatoms. The minimum atomic E-state index is -1.57. The highest BCUT2D eigenvalue weighted by molar-refractivity contribution is 7.42. The molecule has 0 N–H and O–H groups in total. The molecular formula is C36H56O6P2. The zero-order valence-electron chi connectivity index (χ0n) is 29.7. The highest BCUT2D eigenvalue weighted by Crippen LogP contribution is 2.56. The fourth-order valence-electron chi connectivity index (χ4n) is 5.43. The monoisotopic (exact) mass is 646 g/mol. The first-order chi connectivity index (χ1) is 20.1. The minimum absolute atomic E-state index is 0.0908. The number of hydrogen-bond donors (Lipinski definition) is 0. The van der Waals surface area contributed by atoms with Gasteiger partial charge in [-0.25, -0.2) is 0 Å². The van der Waals surface area contributed by atoms with Crippen LogP contribution in [-0.2, 0) is 46.2 Å². The summed E-state index contributed by atoms with van der Waals surface area (Å²) < 4.78 is 38.3. The van der Waals surface area contributed by atoms with Crippen LogP contribution in [0.4, 0.5) is 0 Å². The molecule has 2 aromatic rings. The lowest BCUT2D eigenvalue weighted by molar-refractivity contribution is -0.0674. The molecular weight excluding hydrogens is 590 g/mol. The second kappa shape index (κ2) is 12.7. The van der Waals surface area contributed by atoms with Gasteiger partial charge in [0, 0.05) is 22.3 Å². The van der Waals surface area contributed by atoms with Crippen molar-refractivity contribution in [3.05, 3.63) is 57.6 Å². The van der Waals surface area contributed by atoms with E-state index in [0.29, 0.717) is 26.4 Å². The molecule has 6 nitrogen and oxygen atoms in total. The first-order valence-corrected chi connectivity index (χ1v) is 18.1. The quantitative estimate of drug-likeness (QED) is 0.301. The lowest BCUT2D eigenvalue weighted by Crippen LogP contribution is -2.45. The van der Waals surface area contributed by atoms with Crippen LogP contribution in [0.1, 0.15) is 123 Å². The molecule has 2 heterocycles. The van der Waals surface area contributed by atoms with Crippen LogP contribution in [0.5, 0.6) is 11.5 Å². The van der Waals surface area contributed by atoms with Crippen LogP contribution in [0.15, 0.2) is 24.3 Å². The van der Waals surface area contributed by atoms with E-state index >= 15 is 0 Å². The molecule has 2 aliphatic rings. The van der Waals surface area contributed by atoms with Crippen molar-refractivity contribution in [1.29, 1.82) is 0 Å². The van der Waals surface area contributed by atoms with E-state index < -0.39 is 22.6 Å². The predicted octanol–water partition coefficient (Wildman–Crippen LogP) is 10.7. The third-order valence-electron chi connectivity index (χ3n) is 8.26. The topological polar surface area (TPSA) is 55.4 Å². The molecule has 246 valence electrons. The summed E-state index contributed by atoms with van der Waals surface area (Å²) in [6.07, 6.45) is 0.974. The van der Waals surface area contributed by atoms with Gasteiger partial charge < -0.3 is 27.1 Å². The fraction of sp³-hybridized carbons (Fsp3) is 0.667. The standard InChI is InChI=1S/C36H56O6P2/c1-15-25-18-28(34(9,10)11)31(29(19-25)35(12,13)14)42-44-39-22-36(23-40-44)20-37-43(38-21-36)41-30-26(32(3,4)5)16-24(2)17-27(30)33(6,7)8/h16-19H,15,20-23H2,1-14H3. The van der Waals surface area contributed by atoms with E-state index in [1.54, 1.807) is 0 Å². The highest BCUT2D eigenvalue weighted by Gasteiger charge is 2.46. The Morgan fingerprint density at radius 1 is 0.568 bits per heavy atom. The van der Waals surface area contributed by atoms with Gasteiger partial charge in [0.2, 0.25) is 0 Å². The zero-order valence-corrected chi connectivity index (χ0v) is 31.5. The molecule has 0 aromatic heterocycles. The molecule has 0 amide bonds. The van der Waals surface area contributed by atoms with Gasteiger partial charge in [0.05, 0.1) is 31.8 Å². The molecule has 0 bridgehead atoms. The van der Waals surface area contributed by atoms with E-state index in [0.717, 1.165) is 17.9 Å². The van der Waals surface area contributed by atoms with Gasteiger partial charge >= 0.3 is 17.2 Å². The number of hydrogen-bond acceptors (Lipinski definition) is 6. The third-order valence-corrected chi connectivity index (χ3v) is 10.3. The molecule has 0 aliphatic carbocycles. The second-order valence-electron chi connectivity index (χ2n) is 16.8. The summed E-state index contributed by atoms with van der Waals surface area (Å²) in [6.45, 7) is 32.8. The molecule has 0 radical (unpaired) electrons. The lowest BCUT2D eigenvalue weighted by Gasteiger charge is -2.42. The minimum Gasteiger partial charge on any atom is -0.426 e. The lowest BCUT2D eigenvalue weighted by atomic mass is 9.78. The van der Waals surface area contributed by atoms with Crippen LogP contribution in [-0.4, -0.2) is 26.4 Å². The molecule has 1 spiro atoms. The van der Waals surface area contributed by atoms with Crippen molar-refractivity contribution in [1.82, 2.24) is 0 Å². The molecule has 2 fully saturated rings. The maximum Gasteiger partial charge on any atom is 0.397 e. The number of aryl methyl sites for hydroxylation is 2. The van der Waals surface area contributed by atoms with Crippen molar-refractivity contribution >= 4 is 17.2 Å². The average molecular weight is 647 g/mol. The van der Waals surface area contributed by atoms with E-state index in [1.807, 2.05) is 0 Å². The maximum atomic E-state index is 6.62. The first kappa shape index (κ1) is 35.6. The highest BCUT2D eigenvalue weighted by atomic mass is 31.2. The van der Waals surface area contributed by atoms with Crippen molar-refractivity contribution in [3.63, 3.8) is 0 Å². The smallest absolute Gasteiger partial charge is 0.397 e. The van der Waals surface area contributed by atoms with Crippen LogP contribution in [0.2, 0.25) is 0 Å². The summed E-state index contributed by atoms with van der Waals surface area (Å²) in [6, 6.07) is 9.01. The molecule has 4 rings (SSSR count). The summed E-state index contributed by atoms with van der Waals surface area (Å²) >= 11 is 0. The van der Waals surface area contributed by atoms with Gasteiger partial charge in [0.15, 0.2) is 0 Å². The van der Waals surface area contributed by atoms with Crippen LogP contribution in [0.3, 0.4) is 0 Å². The first-order valence-electron chi connectivity index (χ1n) is 15.9. The maximum absolute atomic E-state index is 6.62. The van der Waals surface area contributed by atoms with Gasteiger partial charge in [-0.2, -0.15) is 0 Å². The Morgan fingerprint density at radius 2 is 0.864 bits per heavy atom. The molecule has 2 aliphatic heterocycles. The van der Waals surface area contributed by atoms with E-state index in [4.69, 9.17) is 27.1 Å². The third kappa shape index (κ3) is 8.17. The van der Waals surface area contributed by atoms with E-state index in [1.165, 1.54) is 33.4 Å². The average Bonchev–Trinajstić information content (AvgIpc) is 2.89. The summed E-state index contributed by atoms with van der Waals surface area (Å²) in [5, 5.41) is 0. The second-order valence-corrected chi connectivity index (χ2v) is 19.1. The van der Waals surface area contributed by atoms with Crippen LogP contribution in [0, 0.1) is 12.3 Å². The van der Waals surface area contributed by atoms with Crippen LogP contribution < -0.4 is 9.05 Å². The van der Waals surface area contributed by atoms with Crippen LogP contribution in [0.25, 0.3) is 0 Å². The molecule has 0 saturated carbocycles. The summed E-state index contributed by atoms with van der Waals surface area (Å²) in [4.78, 5) is 0. The Balaban J connectivity index is 1.47. The van der Waals surface area contributed by atoms with Crippen molar-refractivity contribution in [2.24, 2.45) is 5.41 Å². The number of benzene rings is 2. The van der Waals surface area contributed by atoms with Gasteiger partial charge in [0.1, 0.15) is 11.5 Å². The summed E-state index contributed by atoms with van der Waals surface area (Å²) in [7, 11) is -3.13. The van der Waals surface area contributed by atoms with Gasteiger partial charge in [0.25, 0.3) is 0 Å². The van der Waals surface area contributed by atoms with Gasteiger partial charge in [-0.05, 0) is 40.6 Å². The number of rotatable bonds is 5. The zero-order chi connectivity index (χ0) is 32.9. The molecule has 0 atom stereocenters. The largest absolute Gasteiger partial charge is 0.426 e. The Kier molecular flexibility index (Phi) is 10.3. The van der Waals surface area contributed by atoms with E-state index in [2.05, 4.69) is 121 Å². The molecule has 0 unspecified atom stereocenters. The predicted molar refractivity (Wildman–Crippen MR) is 183 cm³/mol. The van der Waals surface area contributed by atoms with E-state index in [9.17, 15) is 0 Å². The Bertz CT molecular complexity index is 1240. The van der Waals surface area contributed by atoms with Crippen molar-refractivity contribution < 1.29 is 27.1 Å². The van der Waals surface area contributed by atoms with Gasteiger partial charge in [-0.1, -0.05) is 120 Å². The van der Waals surface area contributed by atoms with Crippen molar-refractivity contribution in [2.75, 3.05) is 26.4 Å². The van der Waals surface area contributed by atoms with Gasteiger partial charge in [-0.15, -0.1) is 0 Å². The Hall–Kier alpha value is -1.26. The van der Waals surface area contributed by atoms with Crippen molar-refractivity contribution in [2.45, 2.75) is 125 Å². The van der Waals surface area contributed by atoms with E-state index in [-0.39, 0.29) is 21.7 Å². The summed E-state index contributed by atoms with van der Waals surface area (Å²) in [5.74, 6) is 1.77. The molecule has 44 heavy (non-hydrogen) atoms. The Labute approximate surface area is 269 Å². The van der Waals surface area contributed by atoms with Crippen LogP contribution >= 0.6 is 17.2 Å². The summed E-state index contributed by atoms with van der Waals surface area (Å²) in [5.41, 5.74) is 6.48. The van der Waals surface area contributed by atoms with Gasteiger partial charge in [-0.3, -0.25) is 0 Å². The molecule has 2 aromatic carbocycles. The SMILES string of the molecule is CCc1cc(C(C)(C)C)c(OP2OCC3(COP(Oc4c(C(C)(C)C)cc(C)cc4C(C)(C)C)OC3)CO2)c(C(C)(C)C)c1. The fourth-order valence-corrected chi connectivity index (χ4v) is 8.00. The Morgan fingerprint density at radius 3 is 1.14 bits per heavy atom.